The van der Waals surface area contributed by atoms with Crippen molar-refractivity contribution >= 4 is 29.4 Å². The van der Waals surface area contributed by atoms with Gasteiger partial charge >= 0.3 is 0 Å². The molecular weight excluding hydrogens is 426 g/mol. The Morgan fingerprint density at radius 2 is 1.90 bits per heavy atom. The van der Waals surface area contributed by atoms with Crippen LogP contribution in [0.1, 0.15) is 22.4 Å². The van der Waals surface area contributed by atoms with Gasteiger partial charge < -0.3 is 5.32 Å². The van der Waals surface area contributed by atoms with Crippen LogP contribution < -0.4 is 10.9 Å². The molecular formula is C24H25N3O2S2. The molecule has 1 aliphatic rings. The fourth-order valence-electron chi connectivity index (χ4n) is 3.67. The van der Waals surface area contributed by atoms with Crippen molar-refractivity contribution in [2.45, 2.75) is 36.7 Å². The Labute approximate surface area is 190 Å². The second-order valence-corrected chi connectivity index (χ2v) is 9.68. The summed E-state index contributed by atoms with van der Waals surface area (Å²) in [5, 5.41) is 3.54. The molecule has 7 heteroatoms. The van der Waals surface area contributed by atoms with Crippen molar-refractivity contribution in [1.29, 1.82) is 0 Å². The van der Waals surface area contributed by atoms with Gasteiger partial charge in [0.05, 0.1) is 22.0 Å². The van der Waals surface area contributed by atoms with Crippen LogP contribution in [0.4, 0.5) is 0 Å². The molecule has 0 aliphatic carbocycles. The number of aryl methyl sites for hydroxylation is 3. The van der Waals surface area contributed by atoms with E-state index in [4.69, 9.17) is 4.98 Å². The third-order valence-electron chi connectivity index (χ3n) is 5.04. The minimum absolute atomic E-state index is 0.0375. The summed E-state index contributed by atoms with van der Waals surface area (Å²) in [4.78, 5) is 31.2. The fraction of sp³-hybridized carbons (Fsp3) is 0.292. The Bertz CT molecular complexity index is 1140. The van der Waals surface area contributed by atoms with Gasteiger partial charge in [-0.2, -0.15) is 0 Å². The first-order valence-corrected chi connectivity index (χ1v) is 12.3. The molecule has 4 rings (SSSR count). The van der Waals surface area contributed by atoms with Crippen LogP contribution in [-0.2, 0) is 17.6 Å². The molecule has 0 atom stereocenters. The number of thioether (sulfide) groups is 2. The summed E-state index contributed by atoms with van der Waals surface area (Å²) in [6, 6.07) is 16.1. The smallest absolute Gasteiger partial charge is 0.272 e. The van der Waals surface area contributed by atoms with Crippen LogP contribution in [-0.4, -0.2) is 33.5 Å². The monoisotopic (exact) mass is 451 g/mol. The molecule has 0 saturated heterocycles. The molecule has 0 fully saturated rings. The highest BCUT2D eigenvalue weighted by Crippen LogP contribution is 2.30. The van der Waals surface area contributed by atoms with E-state index in [1.165, 1.54) is 17.3 Å². The third-order valence-corrected chi connectivity index (χ3v) is 7.09. The van der Waals surface area contributed by atoms with E-state index < -0.39 is 0 Å². The zero-order chi connectivity index (χ0) is 21.8. The van der Waals surface area contributed by atoms with Crippen molar-refractivity contribution in [3.8, 4) is 5.69 Å². The summed E-state index contributed by atoms with van der Waals surface area (Å²) < 4.78 is 1.67. The van der Waals surface area contributed by atoms with Gasteiger partial charge in [0.2, 0.25) is 5.91 Å². The van der Waals surface area contributed by atoms with Crippen LogP contribution >= 0.6 is 23.5 Å². The summed E-state index contributed by atoms with van der Waals surface area (Å²) in [5.41, 5.74) is 4.98. The number of hydrogen-bond acceptors (Lipinski definition) is 5. The number of carbonyl (C=O) groups excluding carboxylic acids is 1. The maximum Gasteiger partial charge on any atom is 0.272 e. The van der Waals surface area contributed by atoms with Gasteiger partial charge in [0.25, 0.3) is 5.56 Å². The third kappa shape index (κ3) is 5.22. The molecule has 31 heavy (non-hydrogen) atoms. The Morgan fingerprint density at radius 3 is 2.65 bits per heavy atom. The lowest BCUT2D eigenvalue weighted by molar-refractivity contribution is -0.118. The van der Waals surface area contributed by atoms with E-state index in [-0.39, 0.29) is 17.2 Å². The first-order chi connectivity index (χ1) is 15.0. The SMILES string of the molecule is Cc1cc(C)cc(-n2c(SCC(=O)NCCc3ccccc3)nc3c(c2=O)SCC3)c1. The summed E-state index contributed by atoms with van der Waals surface area (Å²) in [6.45, 7) is 4.62. The lowest BCUT2D eigenvalue weighted by atomic mass is 10.1. The molecule has 0 saturated carbocycles. The van der Waals surface area contributed by atoms with Crippen molar-refractivity contribution in [1.82, 2.24) is 14.9 Å². The number of rotatable bonds is 7. The van der Waals surface area contributed by atoms with E-state index in [1.54, 1.807) is 16.3 Å². The number of hydrogen-bond donors (Lipinski definition) is 1. The first kappa shape index (κ1) is 21.7. The summed E-state index contributed by atoms with van der Waals surface area (Å²) >= 11 is 2.89. The van der Waals surface area contributed by atoms with Crippen molar-refractivity contribution in [2.24, 2.45) is 0 Å². The quantitative estimate of drug-likeness (QED) is 0.435. The van der Waals surface area contributed by atoms with Crippen LogP contribution in [0.2, 0.25) is 0 Å². The zero-order valence-corrected chi connectivity index (χ0v) is 19.3. The molecule has 0 spiro atoms. The molecule has 2 heterocycles. The normalized spacial score (nSPS) is 12.6. The van der Waals surface area contributed by atoms with Gasteiger partial charge in [-0.1, -0.05) is 48.2 Å². The second-order valence-electron chi connectivity index (χ2n) is 7.63. The predicted molar refractivity (Wildman–Crippen MR) is 128 cm³/mol. The molecule has 1 N–H and O–H groups in total. The number of nitrogens with zero attached hydrogens (tertiary/aromatic N) is 2. The van der Waals surface area contributed by atoms with Gasteiger partial charge in [0.1, 0.15) is 0 Å². The maximum atomic E-state index is 13.3. The molecule has 1 amide bonds. The summed E-state index contributed by atoms with van der Waals surface area (Å²) in [5.74, 6) is 1.04. The fourth-order valence-corrected chi connectivity index (χ4v) is 5.55. The molecule has 0 bridgehead atoms. The minimum Gasteiger partial charge on any atom is -0.355 e. The first-order valence-electron chi connectivity index (χ1n) is 10.3. The Balaban J connectivity index is 1.51. The van der Waals surface area contributed by atoms with Crippen LogP contribution in [0.15, 0.2) is 63.4 Å². The van der Waals surface area contributed by atoms with Gasteiger partial charge in [-0.05, 0) is 49.1 Å². The van der Waals surface area contributed by atoms with Crippen molar-refractivity contribution < 1.29 is 4.79 Å². The van der Waals surface area contributed by atoms with Crippen molar-refractivity contribution in [3.63, 3.8) is 0 Å². The minimum atomic E-state index is -0.0583. The second kappa shape index (κ2) is 9.75. The van der Waals surface area contributed by atoms with Gasteiger partial charge in [0, 0.05) is 18.7 Å². The van der Waals surface area contributed by atoms with Crippen LogP contribution in [0, 0.1) is 13.8 Å². The number of fused-ring (bicyclic) bond motifs is 1. The highest BCUT2D eigenvalue weighted by Gasteiger charge is 2.23. The summed E-state index contributed by atoms with van der Waals surface area (Å²) in [7, 11) is 0. The molecule has 160 valence electrons. The van der Waals surface area contributed by atoms with Gasteiger partial charge in [-0.3, -0.25) is 14.2 Å². The number of aromatic nitrogens is 2. The van der Waals surface area contributed by atoms with E-state index in [2.05, 4.69) is 23.5 Å². The maximum absolute atomic E-state index is 13.3. The largest absolute Gasteiger partial charge is 0.355 e. The Kier molecular flexibility index (Phi) is 6.83. The molecule has 1 aliphatic heterocycles. The lowest BCUT2D eigenvalue weighted by Gasteiger charge is -2.15. The highest BCUT2D eigenvalue weighted by molar-refractivity contribution is 8.00. The van der Waals surface area contributed by atoms with E-state index in [0.29, 0.717) is 11.7 Å². The van der Waals surface area contributed by atoms with Crippen molar-refractivity contribution in [2.75, 3.05) is 18.1 Å². The molecule has 3 aromatic rings. The van der Waals surface area contributed by atoms with Gasteiger partial charge in [-0.15, -0.1) is 11.8 Å². The van der Waals surface area contributed by atoms with Gasteiger partial charge in [-0.25, -0.2) is 4.98 Å². The Morgan fingerprint density at radius 1 is 1.16 bits per heavy atom. The number of carbonyl (C=O) groups is 1. The predicted octanol–water partition coefficient (Wildman–Crippen LogP) is 3.95. The van der Waals surface area contributed by atoms with Crippen LogP contribution in [0.3, 0.4) is 0 Å². The van der Waals surface area contributed by atoms with Gasteiger partial charge in [0.15, 0.2) is 5.16 Å². The molecule has 0 radical (unpaired) electrons. The number of nitrogens with one attached hydrogen (secondary N) is 1. The highest BCUT2D eigenvalue weighted by atomic mass is 32.2. The molecule has 1 aromatic heterocycles. The average molecular weight is 452 g/mol. The Hall–Kier alpha value is -2.51. The zero-order valence-electron chi connectivity index (χ0n) is 17.7. The van der Waals surface area contributed by atoms with E-state index >= 15 is 0 Å². The van der Waals surface area contributed by atoms with Crippen LogP contribution in [0.5, 0.6) is 0 Å². The molecule has 0 unspecified atom stereocenters. The molecule has 2 aromatic carbocycles. The number of benzene rings is 2. The van der Waals surface area contributed by atoms with E-state index in [1.807, 2.05) is 44.2 Å². The topological polar surface area (TPSA) is 64.0 Å². The van der Waals surface area contributed by atoms with Crippen LogP contribution in [0.25, 0.3) is 5.69 Å². The summed E-state index contributed by atoms with van der Waals surface area (Å²) in [6.07, 6.45) is 1.58. The average Bonchev–Trinajstić information content (AvgIpc) is 3.21. The molecule has 5 nitrogen and oxygen atoms in total. The van der Waals surface area contributed by atoms with Crippen molar-refractivity contribution in [3.05, 3.63) is 81.3 Å². The standard InChI is InChI=1S/C24H25N3O2S2/c1-16-12-17(2)14-19(13-16)27-23(29)22-20(9-11-30-22)26-24(27)31-15-21(28)25-10-8-18-6-4-3-5-7-18/h3-7,12-14H,8-11,15H2,1-2H3,(H,25,28). The number of amides is 1. The van der Waals surface area contributed by atoms with E-state index in [9.17, 15) is 9.59 Å². The lowest BCUT2D eigenvalue weighted by Crippen LogP contribution is -2.28. The van der Waals surface area contributed by atoms with E-state index in [0.717, 1.165) is 46.0 Å².